The molecule has 0 aromatic heterocycles. The Labute approximate surface area is 174 Å². The maximum atomic E-state index is 12.8. The van der Waals surface area contributed by atoms with Crippen LogP contribution < -0.4 is 13.9 Å². The second-order valence-corrected chi connectivity index (χ2v) is 8.59. The molecule has 0 N–H and O–H groups in total. The maximum absolute atomic E-state index is 12.8. The number of carbonyl (C=O) groups is 1. The fraction of sp³-hybridized carbons (Fsp3) is 0.316. The Morgan fingerprint density at radius 3 is 2.03 bits per heavy atom. The molecule has 0 saturated heterocycles. The van der Waals surface area contributed by atoms with Crippen LogP contribution >= 0.6 is 0 Å². The predicted molar refractivity (Wildman–Crippen MR) is 107 cm³/mol. The Bertz CT molecular complexity index is 1000. The molecule has 0 fully saturated rings. The molecule has 0 unspecified atom stereocenters. The fourth-order valence-corrected chi connectivity index (χ4v) is 3.69. The highest BCUT2D eigenvalue weighted by atomic mass is 32.2. The first kappa shape index (κ1) is 22.9. The van der Waals surface area contributed by atoms with Gasteiger partial charge in [-0.3, -0.25) is 4.79 Å². The summed E-state index contributed by atoms with van der Waals surface area (Å²) >= 11 is 0. The molecule has 0 amide bonds. The molecule has 0 heterocycles. The summed E-state index contributed by atoms with van der Waals surface area (Å²) in [6, 6.07) is 10.5. The SMILES string of the molecule is COC(=O)C(C)(C)COc1ccc(S(=O)(=O)N(c2ccc(OC)cc2)[N+](=O)[O-])cc1. The Kier molecular flexibility index (Phi) is 6.88. The molecule has 0 saturated carbocycles. The van der Waals surface area contributed by atoms with Crippen molar-refractivity contribution >= 4 is 21.7 Å². The highest BCUT2D eigenvalue weighted by molar-refractivity contribution is 7.92. The zero-order valence-corrected chi connectivity index (χ0v) is 17.7. The minimum atomic E-state index is -4.49. The third-order valence-corrected chi connectivity index (χ3v) is 5.80. The molecule has 162 valence electrons. The number of sulfonamides is 1. The van der Waals surface area contributed by atoms with E-state index in [1.54, 1.807) is 13.8 Å². The van der Waals surface area contributed by atoms with E-state index in [2.05, 4.69) is 0 Å². The summed E-state index contributed by atoms with van der Waals surface area (Å²) in [4.78, 5) is 22.9. The lowest BCUT2D eigenvalue weighted by Gasteiger charge is -2.21. The fourth-order valence-electron chi connectivity index (χ4n) is 2.44. The molecule has 0 atom stereocenters. The van der Waals surface area contributed by atoms with E-state index in [1.807, 2.05) is 0 Å². The zero-order chi connectivity index (χ0) is 22.5. The van der Waals surface area contributed by atoms with Gasteiger partial charge in [0, 0.05) is 4.41 Å². The molecule has 0 aliphatic carbocycles. The van der Waals surface area contributed by atoms with E-state index in [-0.39, 0.29) is 21.6 Å². The standard InChI is InChI=1S/C19H22N2O8S/c1-19(2,18(22)28-4)13-29-16-9-11-17(12-10-16)30(25,26)20(21(23)24)14-5-7-15(27-3)8-6-14/h5-12H,13H2,1-4H3. The van der Waals surface area contributed by atoms with Crippen molar-refractivity contribution in [2.75, 3.05) is 25.2 Å². The summed E-state index contributed by atoms with van der Waals surface area (Å²) in [5.41, 5.74) is -1.06. The minimum absolute atomic E-state index is 0.00135. The van der Waals surface area contributed by atoms with Crippen molar-refractivity contribution in [1.82, 2.24) is 0 Å². The Balaban J connectivity index is 2.25. The molecule has 2 aromatic rings. The van der Waals surface area contributed by atoms with Gasteiger partial charge in [0.2, 0.25) is 0 Å². The van der Waals surface area contributed by atoms with Crippen molar-refractivity contribution in [1.29, 1.82) is 0 Å². The second-order valence-electron chi connectivity index (χ2n) is 6.82. The summed E-state index contributed by atoms with van der Waals surface area (Å²) in [7, 11) is -1.79. The molecule has 10 nitrogen and oxygen atoms in total. The highest BCUT2D eigenvalue weighted by Crippen LogP contribution is 2.27. The van der Waals surface area contributed by atoms with E-state index in [0.717, 1.165) is 0 Å². The normalized spacial score (nSPS) is 11.5. The quantitative estimate of drug-likeness (QED) is 0.332. The number of hydrogen-bond donors (Lipinski definition) is 0. The number of benzene rings is 2. The van der Waals surface area contributed by atoms with Gasteiger partial charge in [0.25, 0.3) is 0 Å². The van der Waals surface area contributed by atoms with Gasteiger partial charge in [0.1, 0.15) is 23.8 Å². The van der Waals surface area contributed by atoms with Crippen LogP contribution in [0, 0.1) is 15.5 Å². The molecule has 30 heavy (non-hydrogen) atoms. The van der Waals surface area contributed by atoms with Gasteiger partial charge in [-0.15, -0.1) is 0 Å². The van der Waals surface area contributed by atoms with Gasteiger partial charge >= 0.3 is 16.0 Å². The molecule has 2 rings (SSSR count). The summed E-state index contributed by atoms with van der Waals surface area (Å²) in [6.45, 7) is 3.28. The van der Waals surface area contributed by atoms with E-state index in [9.17, 15) is 23.3 Å². The maximum Gasteiger partial charge on any atom is 0.318 e. The van der Waals surface area contributed by atoms with Crippen molar-refractivity contribution < 1.29 is 32.5 Å². The summed E-state index contributed by atoms with van der Waals surface area (Å²) in [5.74, 6) is 0.265. The number of carbonyl (C=O) groups excluding carboxylic acids is 1. The van der Waals surface area contributed by atoms with Crippen LogP contribution in [0.15, 0.2) is 53.4 Å². The van der Waals surface area contributed by atoms with Gasteiger partial charge < -0.3 is 14.2 Å². The van der Waals surface area contributed by atoms with Gasteiger partial charge in [0.05, 0.1) is 24.5 Å². The molecular weight excluding hydrogens is 416 g/mol. The number of ether oxygens (including phenoxy) is 3. The Morgan fingerprint density at radius 1 is 1.03 bits per heavy atom. The monoisotopic (exact) mass is 438 g/mol. The smallest absolute Gasteiger partial charge is 0.318 e. The average Bonchev–Trinajstić information content (AvgIpc) is 2.72. The number of rotatable bonds is 9. The van der Waals surface area contributed by atoms with Crippen LogP contribution in [0.25, 0.3) is 0 Å². The van der Waals surface area contributed by atoms with Crippen molar-refractivity contribution in [2.45, 2.75) is 18.7 Å². The van der Waals surface area contributed by atoms with Gasteiger partial charge in [0.15, 0.2) is 5.03 Å². The number of nitro groups is 1. The first-order chi connectivity index (χ1) is 14.0. The second kappa shape index (κ2) is 8.99. The molecule has 0 bridgehead atoms. The lowest BCUT2D eigenvalue weighted by Crippen LogP contribution is -2.36. The van der Waals surface area contributed by atoms with Crippen LogP contribution in [0.5, 0.6) is 11.5 Å². The molecule has 0 radical (unpaired) electrons. The first-order valence-electron chi connectivity index (χ1n) is 8.68. The van der Waals surface area contributed by atoms with Crippen LogP contribution in [0.4, 0.5) is 5.69 Å². The first-order valence-corrected chi connectivity index (χ1v) is 10.1. The van der Waals surface area contributed by atoms with Crippen molar-refractivity contribution in [3.63, 3.8) is 0 Å². The van der Waals surface area contributed by atoms with Crippen molar-refractivity contribution in [3.05, 3.63) is 58.6 Å². The van der Waals surface area contributed by atoms with Gasteiger partial charge in [-0.05, 0) is 62.4 Å². The molecule has 2 aromatic carbocycles. The number of anilines is 1. The third kappa shape index (κ3) is 4.98. The number of hydrogen-bond acceptors (Lipinski definition) is 8. The largest absolute Gasteiger partial charge is 0.497 e. The lowest BCUT2D eigenvalue weighted by atomic mass is 9.95. The lowest BCUT2D eigenvalue weighted by molar-refractivity contribution is -0.474. The van der Waals surface area contributed by atoms with E-state index in [0.29, 0.717) is 11.5 Å². The van der Waals surface area contributed by atoms with Crippen LogP contribution in [-0.2, 0) is 19.6 Å². The number of hydrazine groups is 1. The Hall–Kier alpha value is -3.34. The van der Waals surface area contributed by atoms with Crippen LogP contribution in [0.2, 0.25) is 0 Å². The van der Waals surface area contributed by atoms with Gasteiger partial charge in [-0.2, -0.15) is 8.42 Å². The van der Waals surface area contributed by atoms with E-state index < -0.39 is 26.4 Å². The predicted octanol–water partition coefficient (Wildman–Crippen LogP) is 2.66. The van der Waals surface area contributed by atoms with Gasteiger partial charge in [-0.1, -0.05) is 0 Å². The van der Waals surface area contributed by atoms with Crippen LogP contribution in [0.3, 0.4) is 0 Å². The van der Waals surface area contributed by atoms with E-state index >= 15 is 0 Å². The molecule has 11 heteroatoms. The van der Waals surface area contributed by atoms with Crippen LogP contribution in [0.1, 0.15) is 13.8 Å². The van der Waals surface area contributed by atoms with E-state index in [1.165, 1.54) is 62.8 Å². The number of esters is 1. The van der Waals surface area contributed by atoms with Crippen molar-refractivity contribution in [3.8, 4) is 11.5 Å². The summed E-state index contributed by atoms with van der Waals surface area (Å²) in [5, 5.41) is 10.5. The highest BCUT2D eigenvalue weighted by Gasteiger charge is 2.35. The summed E-state index contributed by atoms with van der Waals surface area (Å²) in [6.07, 6.45) is 0. The summed E-state index contributed by atoms with van der Waals surface area (Å²) < 4.78 is 41.0. The average molecular weight is 438 g/mol. The minimum Gasteiger partial charge on any atom is -0.497 e. The van der Waals surface area contributed by atoms with Gasteiger partial charge in [-0.25, -0.2) is 10.1 Å². The zero-order valence-electron chi connectivity index (χ0n) is 16.9. The number of nitrogens with zero attached hydrogens (tertiary/aromatic N) is 2. The number of methoxy groups -OCH3 is 2. The molecular formula is C19H22N2O8S. The Morgan fingerprint density at radius 2 is 1.57 bits per heavy atom. The van der Waals surface area contributed by atoms with E-state index in [4.69, 9.17) is 14.2 Å². The van der Waals surface area contributed by atoms with Crippen molar-refractivity contribution in [2.24, 2.45) is 5.41 Å². The topological polar surface area (TPSA) is 125 Å². The molecule has 0 spiro atoms. The van der Waals surface area contributed by atoms with Crippen LogP contribution in [-0.4, -0.2) is 40.2 Å². The third-order valence-electron chi connectivity index (χ3n) is 4.13. The molecule has 0 aliphatic heterocycles. The molecule has 0 aliphatic rings.